The number of aliphatic carboxylic acids is 1. The number of aromatic hydroxyl groups is 1. The zero-order valence-corrected chi connectivity index (χ0v) is 21.8. The highest BCUT2D eigenvalue weighted by atomic mass is 32.2. The van der Waals surface area contributed by atoms with Crippen LogP contribution in [0.2, 0.25) is 0 Å². The van der Waals surface area contributed by atoms with Crippen LogP contribution in [0.1, 0.15) is 11.1 Å². The molecule has 4 atom stereocenters. The van der Waals surface area contributed by atoms with Crippen LogP contribution in [0, 0.1) is 0 Å². The maximum absolute atomic E-state index is 12.9. The van der Waals surface area contributed by atoms with E-state index in [1.807, 2.05) is 0 Å². The van der Waals surface area contributed by atoms with Gasteiger partial charge in [-0.1, -0.05) is 42.5 Å². The maximum atomic E-state index is 12.9. The summed E-state index contributed by atoms with van der Waals surface area (Å²) in [5, 5.41) is 29.1. The van der Waals surface area contributed by atoms with Gasteiger partial charge in [0.15, 0.2) is 0 Å². The number of hydrogen-bond acceptors (Lipinski definition) is 8. The van der Waals surface area contributed by atoms with Crippen molar-refractivity contribution in [3.63, 3.8) is 0 Å². The lowest BCUT2D eigenvalue weighted by Crippen LogP contribution is -2.55. The highest BCUT2D eigenvalue weighted by molar-refractivity contribution is 7.99. The monoisotopic (exact) mass is 557 g/mol. The molecule has 0 radical (unpaired) electrons. The normalized spacial score (nSPS) is 21.6. The fraction of sp³-hybridized carbons (Fsp3) is 0.346. The highest BCUT2D eigenvalue weighted by Crippen LogP contribution is 2.12. The van der Waals surface area contributed by atoms with E-state index in [9.17, 15) is 34.2 Å². The molecule has 1 aliphatic rings. The van der Waals surface area contributed by atoms with Gasteiger partial charge in [-0.05, 0) is 29.7 Å². The second kappa shape index (κ2) is 14.2. The summed E-state index contributed by atoms with van der Waals surface area (Å²) in [6, 6.07) is 10.6. The predicted molar refractivity (Wildman–Crippen MR) is 144 cm³/mol. The van der Waals surface area contributed by atoms with E-state index in [-0.39, 0.29) is 30.1 Å². The first-order chi connectivity index (χ1) is 18.6. The largest absolute Gasteiger partial charge is 0.508 e. The Balaban J connectivity index is 1.71. The van der Waals surface area contributed by atoms with E-state index in [1.54, 1.807) is 42.5 Å². The van der Waals surface area contributed by atoms with E-state index in [4.69, 9.17) is 5.73 Å². The zero-order valence-electron chi connectivity index (χ0n) is 21.0. The van der Waals surface area contributed by atoms with Crippen LogP contribution in [0.4, 0.5) is 0 Å². The van der Waals surface area contributed by atoms with E-state index in [1.165, 1.54) is 12.1 Å². The van der Waals surface area contributed by atoms with E-state index < -0.39 is 60.3 Å². The average Bonchev–Trinajstić information content (AvgIpc) is 2.91. The highest BCUT2D eigenvalue weighted by Gasteiger charge is 2.30. The summed E-state index contributed by atoms with van der Waals surface area (Å²) >= 11 is 1.05. The third-order valence-electron chi connectivity index (χ3n) is 5.90. The van der Waals surface area contributed by atoms with Crippen molar-refractivity contribution in [3.8, 4) is 5.75 Å². The molecule has 12 nitrogen and oxygen atoms in total. The minimum atomic E-state index is -1.30. The molecule has 8 N–H and O–H groups in total. The van der Waals surface area contributed by atoms with Gasteiger partial charge in [0.05, 0.1) is 12.6 Å². The van der Waals surface area contributed by atoms with Crippen LogP contribution in [-0.2, 0) is 36.8 Å². The number of phenols is 1. The number of carbonyl (C=O) groups is 5. The van der Waals surface area contributed by atoms with Crippen LogP contribution in [0.3, 0.4) is 0 Å². The van der Waals surface area contributed by atoms with Gasteiger partial charge in [-0.3, -0.25) is 19.2 Å². The number of benzene rings is 2. The van der Waals surface area contributed by atoms with Crippen LogP contribution in [0.15, 0.2) is 54.6 Å². The molecule has 13 heteroatoms. The van der Waals surface area contributed by atoms with Crippen molar-refractivity contribution in [1.29, 1.82) is 0 Å². The molecular weight excluding hydrogens is 526 g/mol. The van der Waals surface area contributed by atoms with Crippen LogP contribution >= 0.6 is 11.8 Å². The van der Waals surface area contributed by atoms with Crippen molar-refractivity contribution in [3.05, 3.63) is 65.7 Å². The van der Waals surface area contributed by atoms with Gasteiger partial charge in [0.25, 0.3) is 0 Å². The Morgan fingerprint density at radius 1 is 0.974 bits per heavy atom. The van der Waals surface area contributed by atoms with Gasteiger partial charge in [0.2, 0.25) is 23.6 Å². The number of carboxylic acid groups (broad SMARTS) is 1. The van der Waals surface area contributed by atoms with Gasteiger partial charge in [-0.25, -0.2) is 4.79 Å². The Kier molecular flexibility index (Phi) is 10.7. The molecule has 0 aromatic heterocycles. The summed E-state index contributed by atoms with van der Waals surface area (Å²) in [4.78, 5) is 63.0. The zero-order chi connectivity index (χ0) is 28.4. The van der Waals surface area contributed by atoms with Crippen molar-refractivity contribution in [1.82, 2.24) is 21.3 Å². The topological polar surface area (TPSA) is 200 Å². The minimum absolute atomic E-state index is 0.0295. The quantitative estimate of drug-likeness (QED) is 0.221. The Morgan fingerprint density at radius 3 is 2.33 bits per heavy atom. The number of nitrogens with two attached hydrogens (primary N) is 1. The van der Waals surface area contributed by atoms with Gasteiger partial charge < -0.3 is 37.2 Å². The third kappa shape index (κ3) is 9.30. The Bertz CT molecular complexity index is 1180. The van der Waals surface area contributed by atoms with Crippen molar-refractivity contribution in [2.24, 2.45) is 5.73 Å². The third-order valence-corrected chi connectivity index (χ3v) is 7.04. The Hall–Kier alpha value is -4.10. The molecule has 0 saturated carbocycles. The number of rotatable bonds is 7. The van der Waals surface area contributed by atoms with E-state index >= 15 is 0 Å². The summed E-state index contributed by atoms with van der Waals surface area (Å²) in [6.45, 7) is -0.462. The van der Waals surface area contributed by atoms with Gasteiger partial charge in [-0.15, -0.1) is 0 Å². The summed E-state index contributed by atoms with van der Waals surface area (Å²) in [7, 11) is 0. The van der Waals surface area contributed by atoms with Gasteiger partial charge in [0, 0.05) is 17.9 Å². The summed E-state index contributed by atoms with van der Waals surface area (Å²) in [6.07, 6.45) is 0.259. The molecule has 1 heterocycles. The first-order valence-electron chi connectivity index (χ1n) is 12.2. The summed E-state index contributed by atoms with van der Waals surface area (Å²) in [5.41, 5.74) is 7.47. The van der Waals surface area contributed by atoms with Crippen molar-refractivity contribution >= 4 is 41.4 Å². The number of thioether (sulfide) groups is 1. The molecule has 0 bridgehead atoms. The molecule has 0 aliphatic carbocycles. The first kappa shape index (κ1) is 29.5. The smallest absolute Gasteiger partial charge is 0.327 e. The van der Waals surface area contributed by atoms with Crippen LogP contribution in [0.5, 0.6) is 5.75 Å². The van der Waals surface area contributed by atoms with Gasteiger partial charge >= 0.3 is 5.97 Å². The molecule has 208 valence electrons. The van der Waals surface area contributed by atoms with Gasteiger partial charge in [0.1, 0.15) is 23.9 Å². The lowest BCUT2D eigenvalue weighted by molar-refractivity contribution is -0.141. The maximum Gasteiger partial charge on any atom is 0.327 e. The van der Waals surface area contributed by atoms with E-state index in [2.05, 4.69) is 21.3 Å². The number of nitrogens with one attached hydrogen (secondary N) is 4. The molecule has 1 aliphatic heterocycles. The Morgan fingerprint density at radius 2 is 1.67 bits per heavy atom. The van der Waals surface area contributed by atoms with Crippen LogP contribution in [0.25, 0.3) is 0 Å². The molecular formula is C26H31N5O7S. The lowest BCUT2D eigenvalue weighted by Gasteiger charge is -2.21. The van der Waals surface area contributed by atoms with Crippen molar-refractivity contribution in [2.75, 3.05) is 18.1 Å². The van der Waals surface area contributed by atoms with Crippen molar-refractivity contribution in [2.45, 2.75) is 37.0 Å². The first-order valence-corrected chi connectivity index (χ1v) is 13.3. The molecule has 1 saturated heterocycles. The van der Waals surface area contributed by atoms with E-state index in [0.717, 1.165) is 17.3 Å². The number of hydrogen-bond donors (Lipinski definition) is 7. The van der Waals surface area contributed by atoms with E-state index in [0.29, 0.717) is 5.56 Å². The Labute approximate surface area is 229 Å². The molecule has 0 unspecified atom stereocenters. The average molecular weight is 558 g/mol. The van der Waals surface area contributed by atoms with Crippen LogP contribution in [-0.4, -0.2) is 82.0 Å². The second-order valence-corrected chi connectivity index (χ2v) is 10.1. The number of phenolic OH excluding ortho intramolecular Hbond substituents is 1. The standard InChI is InChI=1S/C26H31N5O7S/c27-18(10-16-6-8-17(32)9-7-16)23(34)30-20-13-39-14-21(26(37)38)31-25(36)19(11-15-4-2-1-3-5-15)29-22(33)12-28-24(20)35/h1-9,18-21,32H,10-14,27H2,(H,28,35)(H,29,33)(H,30,34)(H,31,36)(H,37,38)/t18-,19-,20+,21-/m0/s1. The fourth-order valence-corrected chi connectivity index (χ4v) is 4.85. The second-order valence-electron chi connectivity index (χ2n) is 9.00. The van der Waals surface area contributed by atoms with Crippen molar-refractivity contribution < 1.29 is 34.2 Å². The summed E-state index contributed by atoms with van der Waals surface area (Å²) < 4.78 is 0. The lowest BCUT2D eigenvalue weighted by atomic mass is 10.0. The number of carbonyl (C=O) groups excluding carboxylic acids is 4. The molecule has 3 rings (SSSR count). The summed E-state index contributed by atoms with van der Waals surface area (Å²) in [5.74, 6) is -3.94. The minimum Gasteiger partial charge on any atom is -0.508 e. The molecule has 4 amide bonds. The molecule has 0 spiro atoms. The molecule has 2 aromatic rings. The molecule has 2 aromatic carbocycles. The predicted octanol–water partition coefficient (Wildman–Crippen LogP) is -1.09. The SMILES string of the molecule is N[C@@H](Cc1ccc(O)cc1)C(=O)N[C@@H]1CSC[C@@H](C(=O)O)NC(=O)[C@H](Cc2ccccc2)NC(=O)CNC1=O. The van der Waals surface area contributed by atoms with Crippen LogP contribution < -0.4 is 27.0 Å². The molecule has 39 heavy (non-hydrogen) atoms. The molecule has 1 fully saturated rings. The number of carboxylic acids is 1. The van der Waals surface area contributed by atoms with Gasteiger partial charge in [-0.2, -0.15) is 11.8 Å². The fourth-order valence-electron chi connectivity index (χ4n) is 3.79. The number of amides is 4.